The second-order valence-electron chi connectivity index (χ2n) is 5.97. The first-order valence-electron chi connectivity index (χ1n) is 8.10. The van der Waals surface area contributed by atoms with Crippen LogP contribution in [0.25, 0.3) is 28.2 Å². The molecule has 0 spiro atoms. The maximum Gasteiger partial charge on any atom is 0.227 e. The fourth-order valence-electron chi connectivity index (χ4n) is 2.72. The van der Waals surface area contributed by atoms with Gasteiger partial charge in [-0.25, -0.2) is 4.98 Å². The standard InChI is InChI=1S/C19H18N4O/c1-3-13(2)15-6-9-18-17(10-15)22-19(24-18)14-4-7-16(8-5-14)23-11-20-21-12-23/h4-13H,3H2,1-2H3. The molecule has 4 aromatic rings. The van der Waals surface area contributed by atoms with Crippen molar-refractivity contribution in [2.75, 3.05) is 0 Å². The molecule has 120 valence electrons. The Morgan fingerprint density at radius 3 is 2.50 bits per heavy atom. The number of hydrogen-bond donors (Lipinski definition) is 0. The van der Waals surface area contributed by atoms with Crippen LogP contribution in [0.5, 0.6) is 0 Å². The smallest absolute Gasteiger partial charge is 0.227 e. The van der Waals surface area contributed by atoms with E-state index in [1.54, 1.807) is 12.7 Å². The maximum absolute atomic E-state index is 5.91. The van der Waals surface area contributed by atoms with E-state index in [-0.39, 0.29) is 0 Å². The Morgan fingerprint density at radius 2 is 1.79 bits per heavy atom. The summed E-state index contributed by atoms with van der Waals surface area (Å²) in [6.07, 6.45) is 4.45. The van der Waals surface area contributed by atoms with Crippen molar-refractivity contribution in [3.05, 3.63) is 60.7 Å². The van der Waals surface area contributed by atoms with Crippen LogP contribution in [0.4, 0.5) is 0 Å². The largest absolute Gasteiger partial charge is 0.436 e. The summed E-state index contributed by atoms with van der Waals surface area (Å²) in [4.78, 5) is 4.65. The minimum absolute atomic E-state index is 0.526. The van der Waals surface area contributed by atoms with Crippen molar-refractivity contribution in [2.45, 2.75) is 26.2 Å². The van der Waals surface area contributed by atoms with E-state index >= 15 is 0 Å². The predicted molar refractivity (Wildman–Crippen MR) is 93.1 cm³/mol. The van der Waals surface area contributed by atoms with Crippen molar-refractivity contribution in [2.24, 2.45) is 0 Å². The summed E-state index contributed by atoms with van der Waals surface area (Å²) >= 11 is 0. The first-order chi connectivity index (χ1) is 11.7. The molecule has 2 aromatic heterocycles. The molecule has 0 radical (unpaired) electrons. The first-order valence-corrected chi connectivity index (χ1v) is 8.10. The Hall–Kier alpha value is -2.95. The Kier molecular flexibility index (Phi) is 3.61. The summed E-state index contributed by atoms with van der Waals surface area (Å²) in [6.45, 7) is 4.42. The molecule has 0 aliphatic carbocycles. The topological polar surface area (TPSA) is 56.7 Å². The Bertz CT molecular complexity index is 955. The molecule has 2 aromatic carbocycles. The van der Waals surface area contributed by atoms with Crippen LogP contribution in [0.1, 0.15) is 31.7 Å². The van der Waals surface area contributed by atoms with Gasteiger partial charge in [-0.2, -0.15) is 0 Å². The predicted octanol–water partition coefficient (Wildman–Crippen LogP) is 4.59. The van der Waals surface area contributed by atoms with Gasteiger partial charge in [-0.3, -0.25) is 4.57 Å². The van der Waals surface area contributed by atoms with Gasteiger partial charge in [0, 0.05) is 11.3 Å². The summed E-state index contributed by atoms with van der Waals surface area (Å²) in [6, 6.07) is 14.3. The van der Waals surface area contributed by atoms with Crippen LogP contribution < -0.4 is 0 Å². The average Bonchev–Trinajstić information content (AvgIpc) is 3.30. The highest BCUT2D eigenvalue weighted by molar-refractivity contribution is 5.77. The highest BCUT2D eigenvalue weighted by Gasteiger charge is 2.11. The lowest BCUT2D eigenvalue weighted by Crippen LogP contribution is -1.90. The highest BCUT2D eigenvalue weighted by atomic mass is 16.3. The highest BCUT2D eigenvalue weighted by Crippen LogP contribution is 2.28. The number of rotatable bonds is 4. The van der Waals surface area contributed by atoms with E-state index in [4.69, 9.17) is 4.42 Å². The second-order valence-corrected chi connectivity index (χ2v) is 5.97. The minimum atomic E-state index is 0.526. The zero-order valence-electron chi connectivity index (χ0n) is 13.7. The molecule has 0 N–H and O–H groups in total. The van der Waals surface area contributed by atoms with Crippen molar-refractivity contribution in [1.82, 2.24) is 19.7 Å². The maximum atomic E-state index is 5.91. The molecule has 1 unspecified atom stereocenters. The quantitative estimate of drug-likeness (QED) is 0.552. The van der Waals surface area contributed by atoms with E-state index in [1.165, 1.54) is 5.56 Å². The van der Waals surface area contributed by atoms with Gasteiger partial charge in [0.2, 0.25) is 5.89 Å². The van der Waals surface area contributed by atoms with E-state index < -0.39 is 0 Å². The van der Waals surface area contributed by atoms with Crippen LogP contribution in [-0.4, -0.2) is 19.7 Å². The fraction of sp³-hybridized carbons (Fsp3) is 0.211. The van der Waals surface area contributed by atoms with Gasteiger partial charge >= 0.3 is 0 Å². The van der Waals surface area contributed by atoms with Gasteiger partial charge in [0.25, 0.3) is 0 Å². The Balaban J connectivity index is 1.68. The minimum Gasteiger partial charge on any atom is -0.436 e. The lowest BCUT2D eigenvalue weighted by atomic mass is 9.98. The number of oxazole rings is 1. The van der Waals surface area contributed by atoms with Crippen molar-refractivity contribution in [3.63, 3.8) is 0 Å². The van der Waals surface area contributed by atoms with Crippen LogP contribution >= 0.6 is 0 Å². The fourth-order valence-corrected chi connectivity index (χ4v) is 2.72. The van der Waals surface area contributed by atoms with Crippen LogP contribution in [0, 0.1) is 0 Å². The van der Waals surface area contributed by atoms with E-state index in [0.29, 0.717) is 11.8 Å². The van der Waals surface area contributed by atoms with Gasteiger partial charge in [-0.05, 0) is 54.3 Å². The van der Waals surface area contributed by atoms with Crippen LogP contribution in [0.15, 0.2) is 59.5 Å². The molecular formula is C19H18N4O. The van der Waals surface area contributed by atoms with Crippen LogP contribution in [0.3, 0.4) is 0 Å². The summed E-state index contributed by atoms with van der Waals surface area (Å²) in [7, 11) is 0. The summed E-state index contributed by atoms with van der Waals surface area (Å²) in [5.41, 5.74) is 4.98. The van der Waals surface area contributed by atoms with Gasteiger partial charge in [0.05, 0.1) is 0 Å². The molecular weight excluding hydrogens is 300 g/mol. The van der Waals surface area contributed by atoms with Crippen molar-refractivity contribution in [1.29, 1.82) is 0 Å². The van der Waals surface area contributed by atoms with E-state index in [9.17, 15) is 0 Å². The van der Waals surface area contributed by atoms with Gasteiger partial charge in [-0.15, -0.1) is 10.2 Å². The molecule has 24 heavy (non-hydrogen) atoms. The molecule has 0 saturated heterocycles. The third-order valence-corrected chi connectivity index (χ3v) is 4.42. The second kappa shape index (κ2) is 5.92. The zero-order valence-corrected chi connectivity index (χ0v) is 13.7. The number of aromatic nitrogens is 4. The van der Waals surface area contributed by atoms with Crippen molar-refractivity contribution >= 4 is 11.1 Å². The van der Waals surface area contributed by atoms with Gasteiger partial charge in [0.15, 0.2) is 5.58 Å². The first kappa shape index (κ1) is 14.6. The third kappa shape index (κ3) is 2.58. The average molecular weight is 318 g/mol. The molecule has 2 heterocycles. The van der Waals surface area contributed by atoms with Gasteiger partial charge in [0.1, 0.15) is 18.2 Å². The summed E-state index contributed by atoms with van der Waals surface area (Å²) in [5.74, 6) is 1.17. The number of benzene rings is 2. The normalized spacial score (nSPS) is 12.6. The lowest BCUT2D eigenvalue weighted by Gasteiger charge is -2.07. The number of hydrogen-bond acceptors (Lipinski definition) is 4. The molecule has 0 saturated carbocycles. The third-order valence-electron chi connectivity index (χ3n) is 4.42. The molecule has 0 bridgehead atoms. The van der Waals surface area contributed by atoms with E-state index in [1.807, 2.05) is 34.9 Å². The molecule has 1 atom stereocenters. The van der Waals surface area contributed by atoms with Crippen molar-refractivity contribution < 1.29 is 4.42 Å². The van der Waals surface area contributed by atoms with Gasteiger partial charge < -0.3 is 4.42 Å². The lowest BCUT2D eigenvalue weighted by molar-refractivity contribution is 0.619. The van der Waals surface area contributed by atoms with Crippen LogP contribution in [0.2, 0.25) is 0 Å². The molecule has 5 heteroatoms. The van der Waals surface area contributed by atoms with E-state index in [0.717, 1.165) is 28.8 Å². The van der Waals surface area contributed by atoms with Gasteiger partial charge in [-0.1, -0.05) is 19.9 Å². The monoisotopic (exact) mass is 318 g/mol. The summed E-state index contributed by atoms with van der Waals surface area (Å²) < 4.78 is 7.77. The van der Waals surface area contributed by atoms with Crippen LogP contribution in [-0.2, 0) is 0 Å². The SMILES string of the molecule is CCC(C)c1ccc2oc(-c3ccc(-n4cnnc4)cc3)nc2c1. The summed E-state index contributed by atoms with van der Waals surface area (Å²) in [5, 5.41) is 7.64. The number of fused-ring (bicyclic) bond motifs is 1. The zero-order chi connectivity index (χ0) is 16.5. The Morgan fingerprint density at radius 1 is 1.04 bits per heavy atom. The molecule has 0 aliphatic rings. The Labute approximate surface area is 140 Å². The number of nitrogens with zero attached hydrogens (tertiary/aromatic N) is 4. The molecule has 5 nitrogen and oxygen atoms in total. The molecule has 0 fully saturated rings. The molecule has 0 amide bonds. The van der Waals surface area contributed by atoms with E-state index in [2.05, 4.69) is 41.2 Å². The molecule has 0 aliphatic heterocycles. The molecule has 4 rings (SSSR count). The van der Waals surface area contributed by atoms with Crippen molar-refractivity contribution in [3.8, 4) is 17.1 Å².